The molecule has 0 heterocycles. The first-order valence-corrected chi connectivity index (χ1v) is 5.42. The molecule has 0 fully saturated rings. The Hall–Kier alpha value is -1.20. The molecule has 15 heavy (non-hydrogen) atoms. The lowest BCUT2D eigenvalue weighted by Crippen LogP contribution is -2.36. The van der Waals surface area contributed by atoms with Crippen molar-refractivity contribution in [3.8, 4) is 0 Å². The van der Waals surface area contributed by atoms with Crippen LogP contribution in [0, 0.1) is 0 Å². The summed E-state index contributed by atoms with van der Waals surface area (Å²) in [5.74, 6) is -0.271. The van der Waals surface area contributed by atoms with Crippen LogP contribution in [0.4, 0.5) is 4.79 Å². The summed E-state index contributed by atoms with van der Waals surface area (Å²) in [6.45, 7) is 0. The number of hydrogen-bond acceptors (Lipinski definition) is 3. The third kappa shape index (κ3) is 4.71. The van der Waals surface area contributed by atoms with E-state index < -0.39 is 11.9 Å². The molecule has 3 amide bonds. The van der Waals surface area contributed by atoms with E-state index in [0.717, 1.165) is 4.90 Å². The van der Waals surface area contributed by atoms with E-state index in [9.17, 15) is 9.59 Å². The first-order valence-electron chi connectivity index (χ1n) is 4.05. The standard InChI is InChI=1S/C9H9ClN2O2S/c10-6-1-3-7(4-2-6)15-5-8(13)12-9(11)14/h1-4H,5H2,(H3,11,12,13,14). The average molecular weight is 245 g/mol. The fraction of sp³-hybridized carbons (Fsp3) is 0.111. The molecule has 0 saturated carbocycles. The summed E-state index contributed by atoms with van der Waals surface area (Å²) in [5.41, 5.74) is 4.78. The summed E-state index contributed by atoms with van der Waals surface area (Å²) in [7, 11) is 0. The average Bonchev–Trinajstić information content (AvgIpc) is 2.16. The van der Waals surface area contributed by atoms with Crippen molar-refractivity contribution in [3.05, 3.63) is 29.3 Å². The summed E-state index contributed by atoms with van der Waals surface area (Å²) in [6, 6.07) is 6.22. The molecular formula is C9H9ClN2O2S. The predicted molar refractivity (Wildman–Crippen MR) is 59.9 cm³/mol. The maximum atomic E-state index is 11.0. The van der Waals surface area contributed by atoms with E-state index in [2.05, 4.69) is 0 Å². The van der Waals surface area contributed by atoms with Crippen LogP contribution in [0.3, 0.4) is 0 Å². The van der Waals surface area contributed by atoms with Crippen molar-refractivity contribution in [2.24, 2.45) is 5.73 Å². The Kier molecular flexibility index (Phi) is 4.45. The zero-order chi connectivity index (χ0) is 11.3. The second-order valence-corrected chi connectivity index (χ2v) is 4.14. The molecule has 0 aromatic heterocycles. The Bertz CT molecular complexity index is 367. The lowest BCUT2D eigenvalue weighted by Gasteiger charge is -2.01. The van der Waals surface area contributed by atoms with Gasteiger partial charge in [-0.3, -0.25) is 10.1 Å². The zero-order valence-electron chi connectivity index (χ0n) is 7.70. The van der Waals surface area contributed by atoms with Crippen molar-refractivity contribution in [2.45, 2.75) is 4.90 Å². The number of nitrogens with two attached hydrogens (primary N) is 1. The number of carbonyl (C=O) groups is 2. The molecule has 6 heteroatoms. The van der Waals surface area contributed by atoms with Crippen molar-refractivity contribution >= 4 is 35.3 Å². The third-order valence-electron chi connectivity index (χ3n) is 1.45. The molecule has 0 aliphatic rings. The number of primary amides is 1. The Balaban J connectivity index is 2.40. The summed E-state index contributed by atoms with van der Waals surface area (Å²) >= 11 is 6.99. The van der Waals surface area contributed by atoms with Gasteiger partial charge in [-0.25, -0.2) is 4.79 Å². The van der Waals surface area contributed by atoms with Crippen molar-refractivity contribution in [1.82, 2.24) is 5.32 Å². The first-order chi connectivity index (χ1) is 7.08. The van der Waals surface area contributed by atoms with E-state index in [1.54, 1.807) is 24.3 Å². The third-order valence-corrected chi connectivity index (χ3v) is 2.71. The minimum atomic E-state index is -0.836. The van der Waals surface area contributed by atoms with Crippen molar-refractivity contribution in [2.75, 3.05) is 5.75 Å². The smallest absolute Gasteiger partial charge is 0.318 e. The van der Waals surface area contributed by atoms with Gasteiger partial charge in [-0.15, -0.1) is 11.8 Å². The van der Waals surface area contributed by atoms with Gasteiger partial charge in [0.15, 0.2) is 0 Å². The van der Waals surface area contributed by atoms with Crippen LogP contribution < -0.4 is 11.1 Å². The van der Waals surface area contributed by atoms with Gasteiger partial charge in [0.25, 0.3) is 0 Å². The highest BCUT2D eigenvalue weighted by atomic mass is 35.5. The highest BCUT2D eigenvalue weighted by Crippen LogP contribution is 2.19. The number of carbonyl (C=O) groups excluding carboxylic acids is 2. The fourth-order valence-corrected chi connectivity index (χ4v) is 1.68. The lowest BCUT2D eigenvalue weighted by atomic mass is 10.4. The molecule has 0 saturated heterocycles. The van der Waals surface area contributed by atoms with Crippen LogP contribution in [-0.4, -0.2) is 17.7 Å². The number of halogens is 1. The summed E-state index contributed by atoms with van der Waals surface area (Å²) in [5, 5.41) is 2.62. The molecule has 0 bridgehead atoms. The van der Waals surface area contributed by atoms with Crippen molar-refractivity contribution in [3.63, 3.8) is 0 Å². The minimum absolute atomic E-state index is 0.143. The number of urea groups is 1. The van der Waals surface area contributed by atoms with Gasteiger partial charge >= 0.3 is 6.03 Å². The van der Waals surface area contributed by atoms with Gasteiger partial charge in [-0.2, -0.15) is 0 Å². The van der Waals surface area contributed by atoms with Crippen LogP contribution in [0.25, 0.3) is 0 Å². The highest BCUT2D eigenvalue weighted by molar-refractivity contribution is 8.00. The Morgan fingerprint density at radius 3 is 2.47 bits per heavy atom. The number of benzene rings is 1. The lowest BCUT2D eigenvalue weighted by molar-refractivity contribution is -0.117. The zero-order valence-corrected chi connectivity index (χ0v) is 9.27. The monoisotopic (exact) mass is 244 g/mol. The fourth-order valence-electron chi connectivity index (χ4n) is 0.853. The number of rotatable bonds is 3. The Morgan fingerprint density at radius 2 is 1.93 bits per heavy atom. The number of imide groups is 1. The molecule has 0 unspecified atom stereocenters. The normalized spacial score (nSPS) is 9.67. The number of nitrogens with one attached hydrogen (secondary N) is 1. The van der Waals surface area contributed by atoms with Gasteiger partial charge in [0.2, 0.25) is 5.91 Å². The molecule has 1 aromatic carbocycles. The summed E-state index contributed by atoms with van der Waals surface area (Å²) < 4.78 is 0. The molecule has 1 aromatic rings. The second kappa shape index (κ2) is 5.63. The van der Waals surface area contributed by atoms with Crippen LogP contribution in [0.2, 0.25) is 5.02 Å². The van der Waals surface area contributed by atoms with E-state index >= 15 is 0 Å². The SMILES string of the molecule is NC(=O)NC(=O)CSc1ccc(Cl)cc1. The predicted octanol–water partition coefficient (Wildman–Crippen LogP) is 1.63. The molecule has 0 radical (unpaired) electrons. The number of hydrogen-bond donors (Lipinski definition) is 2. The largest absolute Gasteiger partial charge is 0.351 e. The first kappa shape index (κ1) is 11.9. The summed E-state index contributed by atoms with van der Waals surface area (Å²) in [6.07, 6.45) is 0. The van der Waals surface area contributed by atoms with E-state index in [-0.39, 0.29) is 5.75 Å². The molecule has 3 N–H and O–H groups in total. The summed E-state index contributed by atoms with van der Waals surface area (Å²) in [4.78, 5) is 22.3. The van der Waals surface area contributed by atoms with Crippen molar-refractivity contribution < 1.29 is 9.59 Å². The molecule has 0 aliphatic carbocycles. The van der Waals surface area contributed by atoms with Gasteiger partial charge in [-0.1, -0.05) is 11.6 Å². The van der Waals surface area contributed by atoms with E-state index in [0.29, 0.717) is 5.02 Å². The maximum absolute atomic E-state index is 11.0. The number of amides is 3. The highest BCUT2D eigenvalue weighted by Gasteiger charge is 2.04. The van der Waals surface area contributed by atoms with Gasteiger partial charge in [0, 0.05) is 9.92 Å². The molecule has 80 valence electrons. The topological polar surface area (TPSA) is 72.2 Å². The van der Waals surface area contributed by atoms with E-state index in [1.807, 2.05) is 5.32 Å². The van der Waals surface area contributed by atoms with Gasteiger partial charge < -0.3 is 5.73 Å². The minimum Gasteiger partial charge on any atom is -0.351 e. The van der Waals surface area contributed by atoms with Gasteiger partial charge in [-0.05, 0) is 24.3 Å². The Labute approximate surface area is 96.2 Å². The molecule has 4 nitrogen and oxygen atoms in total. The molecule has 0 aliphatic heterocycles. The van der Waals surface area contributed by atoms with Crippen LogP contribution in [0.15, 0.2) is 29.2 Å². The van der Waals surface area contributed by atoms with Gasteiger partial charge in [0.1, 0.15) is 0 Å². The van der Waals surface area contributed by atoms with Crippen LogP contribution >= 0.6 is 23.4 Å². The molecular weight excluding hydrogens is 236 g/mol. The Morgan fingerprint density at radius 1 is 1.33 bits per heavy atom. The van der Waals surface area contributed by atoms with Crippen LogP contribution in [-0.2, 0) is 4.79 Å². The maximum Gasteiger partial charge on any atom is 0.318 e. The van der Waals surface area contributed by atoms with Crippen LogP contribution in [0.5, 0.6) is 0 Å². The second-order valence-electron chi connectivity index (χ2n) is 2.66. The van der Waals surface area contributed by atoms with Crippen molar-refractivity contribution in [1.29, 1.82) is 0 Å². The quantitative estimate of drug-likeness (QED) is 0.794. The van der Waals surface area contributed by atoms with E-state index in [4.69, 9.17) is 17.3 Å². The van der Waals surface area contributed by atoms with Crippen LogP contribution in [0.1, 0.15) is 0 Å². The van der Waals surface area contributed by atoms with E-state index in [1.165, 1.54) is 11.8 Å². The molecule has 0 spiro atoms. The molecule has 1 rings (SSSR count). The molecule has 0 atom stereocenters. The van der Waals surface area contributed by atoms with Gasteiger partial charge in [0.05, 0.1) is 5.75 Å². The number of thioether (sulfide) groups is 1.